The van der Waals surface area contributed by atoms with Crippen molar-refractivity contribution < 1.29 is 80.9 Å². The molecule has 11 heavy (non-hydrogen) atoms. The van der Waals surface area contributed by atoms with Crippen LogP contribution >= 0.6 is 7.82 Å². The van der Waals surface area contributed by atoms with E-state index in [4.69, 9.17) is 34.3 Å². The van der Waals surface area contributed by atoms with Crippen LogP contribution in [0.1, 0.15) is 0 Å². The van der Waals surface area contributed by atoms with Crippen LogP contribution in [0, 0.1) is 0 Å². The molecule has 1 radical (unpaired) electrons. The van der Waals surface area contributed by atoms with Gasteiger partial charge in [-0.25, -0.2) is 4.79 Å². The van der Waals surface area contributed by atoms with Gasteiger partial charge in [0.25, 0.3) is 0 Å². The molecule has 0 aliphatic heterocycles. The second-order valence-corrected chi connectivity index (χ2v) is 1.62. The minimum absolute atomic E-state index is 0. The molecule has 0 saturated carbocycles. The van der Waals surface area contributed by atoms with E-state index in [1.807, 2.05) is 0 Å². The zero-order valence-electron chi connectivity index (χ0n) is 5.18. The Morgan fingerprint density at radius 1 is 1.18 bits per heavy atom. The van der Waals surface area contributed by atoms with Crippen LogP contribution in [0.25, 0.3) is 0 Å². The molecule has 10 heteroatoms. The second-order valence-electron chi connectivity index (χ2n) is 0.730. The monoisotopic (exact) mass is 243 g/mol. The summed E-state index contributed by atoms with van der Waals surface area (Å²) in [6.07, 6.45) is -1.83. The van der Waals surface area contributed by atoms with Crippen molar-refractivity contribution in [2.75, 3.05) is 0 Å². The fourth-order valence-electron chi connectivity index (χ4n) is 0. The molecule has 0 aliphatic carbocycles. The molecule has 0 unspecified atom stereocenters. The van der Waals surface area contributed by atoms with Crippen LogP contribution in [0.15, 0.2) is 0 Å². The summed E-state index contributed by atoms with van der Waals surface area (Å²) in [6.45, 7) is 0. The Morgan fingerprint density at radius 3 is 1.18 bits per heavy atom. The van der Waals surface area contributed by atoms with Crippen LogP contribution in [0.5, 0.6) is 0 Å². The van der Waals surface area contributed by atoms with E-state index in [9.17, 15) is 0 Å². The van der Waals surface area contributed by atoms with Crippen LogP contribution < -0.4 is 44.2 Å². The summed E-state index contributed by atoms with van der Waals surface area (Å²) in [5.74, 6) is 0. The Balaban J connectivity index is -0.0000000383. The molecule has 0 bridgehead atoms. The first kappa shape index (κ1) is 22.7. The molecule has 7 nitrogen and oxygen atoms in total. The van der Waals surface area contributed by atoms with E-state index in [-0.39, 0.29) is 46.6 Å². The van der Waals surface area contributed by atoms with E-state index in [0.717, 1.165) is 0 Å². The Morgan fingerprint density at radius 2 is 1.18 bits per heavy atom. The summed E-state index contributed by atoms with van der Waals surface area (Å²) in [5.41, 5.74) is 0. The molecule has 65 valence electrons. The van der Waals surface area contributed by atoms with Crippen LogP contribution in [-0.4, -0.2) is 16.4 Å². The third-order valence-corrected chi connectivity index (χ3v) is 0. The summed E-state index contributed by atoms with van der Waals surface area (Å²) in [4.78, 5) is 34.2. The Labute approximate surface area is 94.4 Å². The summed E-state index contributed by atoms with van der Waals surface area (Å²) < 4.78 is 8.55. The van der Waals surface area contributed by atoms with E-state index in [1.165, 1.54) is 0 Å². The van der Waals surface area contributed by atoms with Crippen molar-refractivity contribution in [2.45, 2.75) is 0 Å². The van der Waals surface area contributed by atoms with Crippen molar-refractivity contribution in [1.29, 1.82) is 0 Å². The van der Waals surface area contributed by atoms with Gasteiger partial charge in [0.15, 0.2) is 0 Å². The summed E-state index contributed by atoms with van der Waals surface area (Å²) in [5, 5.41) is 13.9. The van der Waals surface area contributed by atoms with Gasteiger partial charge in [-0.05, 0) is 0 Å². The predicted molar refractivity (Wildman–Crippen MR) is 18.3 cm³/mol. The number of hydrogen-bond donors (Lipinski definition) is 2. The van der Waals surface area contributed by atoms with E-state index in [2.05, 4.69) is 0 Å². The minimum atomic E-state index is -5.39. The molecule has 0 amide bonds. The summed E-state index contributed by atoms with van der Waals surface area (Å²) in [6, 6.07) is 0. The normalized spacial score (nSPS) is 7.55. The van der Waals surface area contributed by atoms with E-state index >= 15 is 0 Å². The molecular formula is CH2CuNaO7P. The fraction of sp³-hybridized carbons (Fsp3) is 0. The smallest absolute Gasteiger partial charge is 0.822 e. The Hall–Kier alpha value is 0.899. The van der Waals surface area contributed by atoms with Gasteiger partial charge in [0.05, 0.1) is 0 Å². The first-order valence-corrected chi connectivity index (χ1v) is 2.84. The van der Waals surface area contributed by atoms with Crippen molar-refractivity contribution >= 4 is 14.0 Å². The summed E-state index contributed by atoms with van der Waals surface area (Å²) >= 11 is 0. The average Bonchev–Trinajstić information content (AvgIpc) is 1.19. The molecule has 0 rings (SSSR count). The van der Waals surface area contributed by atoms with Gasteiger partial charge >= 0.3 is 52.8 Å². The Kier molecular flexibility index (Phi) is 22.4. The number of hydrogen-bond acceptors (Lipinski definition) is 5. The largest absolute Gasteiger partial charge is 2.00 e. The van der Waals surface area contributed by atoms with Gasteiger partial charge < -0.3 is 29.5 Å². The maximum absolute atomic E-state index is 8.56. The number of rotatable bonds is 0. The number of phosphoric acid groups is 1. The molecule has 0 aromatic heterocycles. The van der Waals surface area contributed by atoms with Crippen molar-refractivity contribution in [1.82, 2.24) is 0 Å². The first-order chi connectivity index (χ1) is 3.73. The molecule has 0 aromatic carbocycles. The molecule has 0 aromatic rings. The molecule has 0 saturated heterocycles. The SMILES string of the molecule is O=C(O)O.O=P([O-])([O-])[O-].[Cu+2].[Na+]. The molecule has 0 aliphatic rings. The quantitative estimate of drug-likeness (QED) is 0.319. The van der Waals surface area contributed by atoms with Crippen molar-refractivity contribution in [3.8, 4) is 0 Å². The molecule has 0 spiro atoms. The number of carbonyl (C=O) groups is 1. The molecule has 2 N–H and O–H groups in total. The standard InChI is InChI=1S/CH2O3.Cu.Na.H3O4P/c2-1(3)4;;;1-5(2,3)4/h(H2,2,3,4);;;(H3,1,2,3,4)/q;+2;+1;/p-3. The maximum Gasteiger partial charge on any atom is 2.00 e. The van der Waals surface area contributed by atoms with Gasteiger partial charge in [-0.15, -0.1) is 0 Å². The van der Waals surface area contributed by atoms with E-state index < -0.39 is 14.0 Å². The third-order valence-electron chi connectivity index (χ3n) is 0. The van der Waals surface area contributed by atoms with Crippen molar-refractivity contribution in [3.63, 3.8) is 0 Å². The van der Waals surface area contributed by atoms with Crippen LogP contribution in [-0.2, 0) is 21.6 Å². The van der Waals surface area contributed by atoms with Gasteiger partial charge in [-0.3, -0.25) is 0 Å². The van der Waals surface area contributed by atoms with Crippen molar-refractivity contribution in [2.24, 2.45) is 0 Å². The molecule has 0 fully saturated rings. The van der Waals surface area contributed by atoms with Gasteiger partial charge in [-0.1, -0.05) is 0 Å². The van der Waals surface area contributed by atoms with Crippen molar-refractivity contribution in [3.05, 3.63) is 0 Å². The zero-order valence-corrected chi connectivity index (χ0v) is 9.02. The zero-order chi connectivity index (χ0) is 8.08. The maximum atomic E-state index is 8.56. The van der Waals surface area contributed by atoms with Crippen LogP contribution in [0.3, 0.4) is 0 Å². The molecular weight excluding hydrogens is 242 g/mol. The van der Waals surface area contributed by atoms with Gasteiger partial charge in [0, 0.05) is 0 Å². The Bertz CT molecular complexity index is 118. The average molecular weight is 244 g/mol. The van der Waals surface area contributed by atoms with E-state index in [0.29, 0.717) is 0 Å². The van der Waals surface area contributed by atoms with Gasteiger partial charge in [0.2, 0.25) is 0 Å². The molecule has 0 heterocycles. The summed E-state index contributed by atoms with van der Waals surface area (Å²) in [7, 11) is -5.39. The fourth-order valence-corrected chi connectivity index (χ4v) is 0. The topological polar surface area (TPSA) is 144 Å². The number of carboxylic acid groups (broad SMARTS) is 2. The second kappa shape index (κ2) is 10.9. The predicted octanol–water partition coefficient (Wildman–Crippen LogP) is -5.60. The molecule has 0 atom stereocenters. The third kappa shape index (κ3) is 1070. The van der Waals surface area contributed by atoms with Gasteiger partial charge in [-0.2, -0.15) is 7.82 Å². The van der Waals surface area contributed by atoms with E-state index in [1.54, 1.807) is 0 Å². The first-order valence-electron chi connectivity index (χ1n) is 1.38. The minimum Gasteiger partial charge on any atom is -0.822 e. The van der Waals surface area contributed by atoms with Crippen LogP contribution in [0.4, 0.5) is 4.79 Å². The van der Waals surface area contributed by atoms with Gasteiger partial charge in [0.1, 0.15) is 0 Å². The van der Waals surface area contributed by atoms with Crippen LogP contribution in [0.2, 0.25) is 0 Å².